The van der Waals surface area contributed by atoms with Gasteiger partial charge in [-0.05, 0) is 0 Å². The number of hydrogen-bond donors (Lipinski definition) is 2. The molecule has 0 radical (unpaired) electrons. The van der Waals surface area contributed by atoms with Gasteiger partial charge in [-0.25, -0.2) is 19.8 Å². The molecule has 0 saturated heterocycles. The summed E-state index contributed by atoms with van der Waals surface area (Å²) in [6.07, 6.45) is 3.31. The highest BCUT2D eigenvalue weighted by Gasteiger charge is 2.23. The largest absolute Gasteiger partial charge is 0.358 e. The summed E-state index contributed by atoms with van der Waals surface area (Å²) in [6, 6.07) is -0.222. The van der Waals surface area contributed by atoms with E-state index in [4.69, 9.17) is 0 Å². The molecule has 1 aromatic rings. The van der Waals surface area contributed by atoms with Crippen LogP contribution in [0.3, 0.4) is 0 Å². The van der Waals surface area contributed by atoms with Crippen LogP contribution in [0.5, 0.6) is 0 Å². The zero-order valence-corrected chi connectivity index (χ0v) is 7.85. The van der Waals surface area contributed by atoms with Gasteiger partial charge < -0.3 is 4.98 Å². The Bertz CT molecular complexity index is 370. The van der Waals surface area contributed by atoms with Gasteiger partial charge in [-0.1, -0.05) is 0 Å². The maximum Gasteiger partial charge on any atom is 0.358 e. The third kappa shape index (κ3) is 1.28. The number of hydrogen-bond acceptors (Lipinski definition) is 4. The number of nitrogens with zero attached hydrogens (tertiary/aromatic N) is 4. The summed E-state index contributed by atoms with van der Waals surface area (Å²) in [6.45, 7) is 0. The van der Waals surface area contributed by atoms with Crippen molar-refractivity contribution in [2.75, 3.05) is 14.1 Å². The van der Waals surface area contributed by atoms with Crippen LogP contribution in [0.2, 0.25) is 0 Å². The van der Waals surface area contributed by atoms with Gasteiger partial charge in [0.15, 0.2) is 5.82 Å². The lowest BCUT2D eigenvalue weighted by atomic mass is 10.5. The highest BCUT2D eigenvalue weighted by Crippen LogP contribution is 2.02. The number of urea groups is 1. The molecule has 7 heteroatoms. The molecule has 1 aliphatic rings. The van der Waals surface area contributed by atoms with Crippen LogP contribution >= 0.6 is 0 Å². The molecule has 0 aromatic carbocycles. The summed E-state index contributed by atoms with van der Waals surface area (Å²) >= 11 is 0. The van der Waals surface area contributed by atoms with Crippen LogP contribution in [0, 0.1) is 0 Å². The van der Waals surface area contributed by atoms with E-state index in [-0.39, 0.29) is 6.03 Å². The number of rotatable bonds is 1. The second kappa shape index (κ2) is 3.02. The minimum absolute atomic E-state index is 0.222. The van der Waals surface area contributed by atoms with Crippen molar-refractivity contribution in [2.45, 2.75) is 0 Å². The topological polar surface area (TPSA) is 76.6 Å². The predicted octanol–water partition coefficient (Wildman–Crippen LogP) is -0.427. The molecule has 14 heavy (non-hydrogen) atoms. The van der Waals surface area contributed by atoms with Crippen LogP contribution in [-0.2, 0) is 0 Å². The molecular weight excluding hydrogens is 184 g/mol. The maximum absolute atomic E-state index is 11.3. The van der Waals surface area contributed by atoms with Gasteiger partial charge in [0.1, 0.15) is 0 Å². The number of amides is 2. The second-order valence-electron chi connectivity index (χ2n) is 2.86. The minimum Gasteiger partial charge on any atom is -0.342 e. The van der Waals surface area contributed by atoms with E-state index in [0.717, 1.165) is 0 Å². The number of carbonyl (C=O) groups excluding carboxylic acids is 1. The predicted molar refractivity (Wildman–Crippen MR) is 49.2 cm³/mol. The first-order valence-electron chi connectivity index (χ1n) is 4.05. The van der Waals surface area contributed by atoms with Crippen molar-refractivity contribution < 1.29 is 4.79 Å². The van der Waals surface area contributed by atoms with Crippen molar-refractivity contribution in [1.82, 2.24) is 25.4 Å². The molecule has 74 valence electrons. The van der Waals surface area contributed by atoms with E-state index in [2.05, 4.69) is 20.5 Å². The number of imidazole rings is 1. The minimum atomic E-state index is -0.222. The SMILES string of the molecule is CN1N=C(c2ncc[nH]2)NN(C)C1=O. The van der Waals surface area contributed by atoms with Crippen molar-refractivity contribution in [2.24, 2.45) is 5.10 Å². The Kier molecular flexibility index (Phi) is 1.84. The number of carbonyl (C=O) groups is 1. The van der Waals surface area contributed by atoms with E-state index in [9.17, 15) is 4.79 Å². The molecule has 0 aliphatic carbocycles. The van der Waals surface area contributed by atoms with E-state index in [1.54, 1.807) is 26.5 Å². The molecule has 7 nitrogen and oxygen atoms in total. The summed E-state index contributed by atoms with van der Waals surface area (Å²) in [4.78, 5) is 18.2. The fourth-order valence-electron chi connectivity index (χ4n) is 1.13. The highest BCUT2D eigenvalue weighted by atomic mass is 16.2. The Morgan fingerprint density at radius 1 is 1.43 bits per heavy atom. The van der Waals surface area contributed by atoms with E-state index in [0.29, 0.717) is 11.7 Å². The maximum atomic E-state index is 11.3. The number of hydrazine groups is 1. The van der Waals surface area contributed by atoms with Gasteiger partial charge in [-0.15, -0.1) is 5.10 Å². The molecular formula is C7H10N6O. The first-order chi connectivity index (χ1) is 6.68. The Balaban J connectivity index is 2.30. The average molecular weight is 194 g/mol. The van der Waals surface area contributed by atoms with Gasteiger partial charge in [-0.3, -0.25) is 5.43 Å². The van der Waals surface area contributed by atoms with Gasteiger partial charge in [0.25, 0.3) is 0 Å². The molecule has 0 bridgehead atoms. The van der Waals surface area contributed by atoms with E-state index >= 15 is 0 Å². The Morgan fingerprint density at radius 2 is 2.21 bits per heavy atom. The molecule has 2 rings (SSSR count). The number of aromatic amines is 1. The van der Waals surface area contributed by atoms with Gasteiger partial charge in [0, 0.05) is 26.5 Å². The smallest absolute Gasteiger partial charge is 0.342 e. The molecule has 0 atom stereocenters. The van der Waals surface area contributed by atoms with Gasteiger partial charge in [0.2, 0.25) is 5.84 Å². The number of aromatic nitrogens is 2. The molecule has 2 N–H and O–H groups in total. The molecule has 1 aliphatic heterocycles. The Morgan fingerprint density at radius 3 is 2.79 bits per heavy atom. The number of amidine groups is 1. The first kappa shape index (κ1) is 8.54. The summed E-state index contributed by atoms with van der Waals surface area (Å²) in [5, 5.41) is 6.59. The van der Waals surface area contributed by atoms with Crippen molar-refractivity contribution in [3.63, 3.8) is 0 Å². The molecule has 0 spiro atoms. The third-order valence-corrected chi connectivity index (χ3v) is 1.81. The molecule has 0 unspecified atom stereocenters. The molecule has 0 fully saturated rings. The quantitative estimate of drug-likeness (QED) is 0.637. The molecule has 1 aromatic heterocycles. The van der Waals surface area contributed by atoms with Crippen molar-refractivity contribution >= 4 is 11.9 Å². The molecule has 2 heterocycles. The fourth-order valence-corrected chi connectivity index (χ4v) is 1.13. The third-order valence-electron chi connectivity index (χ3n) is 1.81. The Hall–Kier alpha value is -2.05. The number of hydrazone groups is 1. The van der Waals surface area contributed by atoms with Crippen LogP contribution in [-0.4, -0.2) is 45.9 Å². The first-order valence-corrected chi connectivity index (χ1v) is 4.05. The van der Waals surface area contributed by atoms with Crippen LogP contribution in [0.4, 0.5) is 4.79 Å². The van der Waals surface area contributed by atoms with Gasteiger partial charge >= 0.3 is 6.03 Å². The summed E-state index contributed by atoms with van der Waals surface area (Å²) in [7, 11) is 3.21. The molecule has 2 amide bonds. The highest BCUT2D eigenvalue weighted by molar-refractivity contribution is 5.98. The lowest BCUT2D eigenvalue weighted by Crippen LogP contribution is -2.53. The van der Waals surface area contributed by atoms with E-state index < -0.39 is 0 Å². The lowest BCUT2D eigenvalue weighted by molar-refractivity contribution is 0.157. The Labute approximate surface area is 80.4 Å². The van der Waals surface area contributed by atoms with E-state index in [1.807, 2.05) is 0 Å². The second-order valence-corrected chi connectivity index (χ2v) is 2.86. The normalized spacial score (nSPS) is 16.7. The summed E-state index contributed by atoms with van der Waals surface area (Å²) < 4.78 is 0. The zero-order valence-electron chi connectivity index (χ0n) is 7.85. The van der Waals surface area contributed by atoms with Crippen LogP contribution in [0.25, 0.3) is 0 Å². The van der Waals surface area contributed by atoms with Crippen molar-refractivity contribution in [3.05, 3.63) is 18.2 Å². The monoisotopic (exact) mass is 194 g/mol. The van der Waals surface area contributed by atoms with Gasteiger partial charge in [0.05, 0.1) is 0 Å². The summed E-state index contributed by atoms with van der Waals surface area (Å²) in [5.74, 6) is 1.11. The van der Waals surface area contributed by atoms with E-state index in [1.165, 1.54) is 10.0 Å². The van der Waals surface area contributed by atoms with Gasteiger partial charge in [-0.2, -0.15) is 0 Å². The average Bonchev–Trinajstić information content (AvgIpc) is 2.66. The molecule has 0 saturated carbocycles. The van der Waals surface area contributed by atoms with Crippen LogP contribution in [0.1, 0.15) is 5.82 Å². The fraction of sp³-hybridized carbons (Fsp3) is 0.286. The van der Waals surface area contributed by atoms with Crippen molar-refractivity contribution in [1.29, 1.82) is 0 Å². The number of H-pyrrole nitrogens is 1. The standard InChI is InChI=1S/C7H10N6O/c1-12-7(14)13(2)11-6(10-12)5-8-3-4-9-5/h3-4H,1-2H3,(H,8,9)(H,10,11). The lowest BCUT2D eigenvalue weighted by Gasteiger charge is -2.28. The number of nitrogens with one attached hydrogen (secondary N) is 2. The van der Waals surface area contributed by atoms with Crippen LogP contribution in [0.15, 0.2) is 17.5 Å². The zero-order chi connectivity index (χ0) is 10.1. The summed E-state index contributed by atoms with van der Waals surface area (Å²) in [5.41, 5.74) is 2.80. The van der Waals surface area contributed by atoms with Crippen molar-refractivity contribution in [3.8, 4) is 0 Å². The van der Waals surface area contributed by atoms with Crippen LogP contribution < -0.4 is 5.43 Å².